The Labute approximate surface area is 83.1 Å². The molecule has 1 aromatic carbocycles. The van der Waals surface area contributed by atoms with E-state index in [1.165, 1.54) is 12.1 Å². The third-order valence-corrected chi connectivity index (χ3v) is 1.98. The van der Waals surface area contributed by atoms with Crippen molar-refractivity contribution < 1.29 is 9.18 Å². The Hall–Kier alpha value is -1.38. The first-order chi connectivity index (χ1) is 6.50. The molecule has 0 unspecified atom stereocenters. The second-order valence-electron chi connectivity index (χ2n) is 3.60. The zero-order valence-electron chi connectivity index (χ0n) is 8.60. The number of anilines is 1. The summed E-state index contributed by atoms with van der Waals surface area (Å²) in [5.74, 6) is -0.536. The molecule has 0 atom stereocenters. The van der Waals surface area contributed by atoms with Gasteiger partial charge in [0.15, 0.2) is 0 Å². The number of carbonyl (C=O) groups excluding carboxylic acids is 1. The molecule has 0 radical (unpaired) electrons. The minimum absolute atomic E-state index is 0.0984. The van der Waals surface area contributed by atoms with Crippen LogP contribution in [0.4, 0.5) is 10.1 Å². The van der Waals surface area contributed by atoms with E-state index in [2.05, 4.69) is 5.32 Å². The zero-order chi connectivity index (χ0) is 10.7. The Kier molecular flexibility index (Phi) is 3.23. The maximum absolute atomic E-state index is 12.8. The summed E-state index contributed by atoms with van der Waals surface area (Å²) in [6.07, 6.45) is 0. The Morgan fingerprint density at radius 2 is 2.07 bits per heavy atom. The number of hydrogen-bond acceptors (Lipinski definition) is 1. The molecule has 0 saturated heterocycles. The molecule has 3 heteroatoms. The Morgan fingerprint density at radius 3 is 2.64 bits per heavy atom. The number of amides is 1. The van der Waals surface area contributed by atoms with Crippen LogP contribution in [-0.2, 0) is 4.79 Å². The van der Waals surface area contributed by atoms with Gasteiger partial charge in [-0.15, -0.1) is 0 Å². The molecule has 0 spiro atoms. The predicted octanol–water partition coefficient (Wildman–Crippen LogP) is 2.73. The van der Waals surface area contributed by atoms with E-state index in [0.29, 0.717) is 5.69 Å². The highest BCUT2D eigenvalue weighted by molar-refractivity contribution is 5.92. The van der Waals surface area contributed by atoms with Crippen LogP contribution in [0, 0.1) is 18.7 Å². The van der Waals surface area contributed by atoms with Crippen molar-refractivity contribution in [2.45, 2.75) is 20.8 Å². The number of nitrogens with one attached hydrogen (secondary N) is 1. The number of aryl methyl sites for hydroxylation is 1. The maximum Gasteiger partial charge on any atom is 0.226 e. The van der Waals surface area contributed by atoms with Crippen LogP contribution >= 0.6 is 0 Å². The van der Waals surface area contributed by atoms with Crippen LogP contribution < -0.4 is 5.32 Å². The van der Waals surface area contributed by atoms with Crippen molar-refractivity contribution in [3.63, 3.8) is 0 Å². The molecule has 0 aliphatic rings. The van der Waals surface area contributed by atoms with Gasteiger partial charge in [-0.1, -0.05) is 19.9 Å². The topological polar surface area (TPSA) is 29.1 Å². The van der Waals surface area contributed by atoms with Gasteiger partial charge in [0.05, 0.1) is 0 Å². The lowest BCUT2D eigenvalue weighted by Crippen LogP contribution is -2.18. The third kappa shape index (κ3) is 2.55. The molecular weight excluding hydrogens is 181 g/mol. The molecular formula is C11H14FNO. The van der Waals surface area contributed by atoms with Crippen molar-refractivity contribution in [3.8, 4) is 0 Å². The van der Waals surface area contributed by atoms with Crippen LogP contribution in [0.2, 0.25) is 0 Å². The molecule has 2 nitrogen and oxygen atoms in total. The van der Waals surface area contributed by atoms with E-state index in [1.54, 1.807) is 19.9 Å². The Morgan fingerprint density at radius 1 is 1.43 bits per heavy atom. The van der Waals surface area contributed by atoms with E-state index >= 15 is 0 Å². The van der Waals surface area contributed by atoms with Crippen molar-refractivity contribution in [2.24, 2.45) is 5.92 Å². The second kappa shape index (κ2) is 4.22. The van der Waals surface area contributed by atoms with E-state index in [-0.39, 0.29) is 17.6 Å². The van der Waals surface area contributed by atoms with E-state index < -0.39 is 0 Å². The Balaban J connectivity index is 2.86. The van der Waals surface area contributed by atoms with Gasteiger partial charge < -0.3 is 5.32 Å². The highest BCUT2D eigenvalue weighted by Crippen LogP contribution is 2.16. The minimum Gasteiger partial charge on any atom is -0.326 e. The lowest BCUT2D eigenvalue weighted by Gasteiger charge is -2.10. The molecule has 1 N–H and O–H groups in total. The van der Waals surface area contributed by atoms with Crippen LogP contribution in [0.1, 0.15) is 19.4 Å². The third-order valence-electron chi connectivity index (χ3n) is 1.98. The van der Waals surface area contributed by atoms with Crippen molar-refractivity contribution in [2.75, 3.05) is 5.32 Å². The molecule has 1 rings (SSSR count). The molecule has 0 bridgehead atoms. The molecule has 0 aliphatic carbocycles. The Bertz CT molecular complexity index is 347. The fourth-order valence-corrected chi connectivity index (χ4v) is 1.01. The van der Waals surface area contributed by atoms with Gasteiger partial charge in [-0.3, -0.25) is 4.79 Å². The molecule has 0 fully saturated rings. The monoisotopic (exact) mass is 195 g/mol. The van der Waals surface area contributed by atoms with Gasteiger partial charge >= 0.3 is 0 Å². The smallest absolute Gasteiger partial charge is 0.226 e. The zero-order valence-corrected chi connectivity index (χ0v) is 8.60. The standard InChI is InChI=1S/C11H14FNO/c1-7(2)11(14)13-10-6-9(12)5-4-8(10)3/h4-7H,1-3H3,(H,13,14). The van der Waals surface area contributed by atoms with Gasteiger partial charge in [0.2, 0.25) is 5.91 Å². The number of halogens is 1. The quantitative estimate of drug-likeness (QED) is 0.772. The molecule has 1 amide bonds. The summed E-state index contributed by atoms with van der Waals surface area (Å²) in [5.41, 5.74) is 1.41. The SMILES string of the molecule is Cc1ccc(F)cc1NC(=O)C(C)C. The maximum atomic E-state index is 12.8. The highest BCUT2D eigenvalue weighted by atomic mass is 19.1. The summed E-state index contributed by atoms with van der Waals surface area (Å²) in [7, 11) is 0. The molecule has 0 aromatic heterocycles. The number of carbonyl (C=O) groups is 1. The van der Waals surface area contributed by atoms with Gasteiger partial charge in [-0.2, -0.15) is 0 Å². The molecule has 1 aromatic rings. The van der Waals surface area contributed by atoms with Crippen LogP contribution in [-0.4, -0.2) is 5.91 Å². The van der Waals surface area contributed by atoms with E-state index in [0.717, 1.165) is 5.56 Å². The van der Waals surface area contributed by atoms with E-state index in [1.807, 2.05) is 6.92 Å². The number of rotatable bonds is 2. The van der Waals surface area contributed by atoms with Crippen LogP contribution in [0.15, 0.2) is 18.2 Å². The summed E-state index contributed by atoms with van der Waals surface area (Å²) in [6, 6.07) is 4.35. The molecule has 0 saturated carbocycles. The highest BCUT2D eigenvalue weighted by Gasteiger charge is 2.08. The first kappa shape index (κ1) is 10.7. The fourth-order valence-electron chi connectivity index (χ4n) is 1.01. The van der Waals surface area contributed by atoms with Crippen molar-refractivity contribution >= 4 is 11.6 Å². The molecule has 0 aliphatic heterocycles. The average Bonchev–Trinajstić information content (AvgIpc) is 2.11. The van der Waals surface area contributed by atoms with Gasteiger partial charge in [-0.05, 0) is 24.6 Å². The van der Waals surface area contributed by atoms with Gasteiger partial charge in [0.1, 0.15) is 5.82 Å². The summed E-state index contributed by atoms with van der Waals surface area (Å²) < 4.78 is 12.8. The van der Waals surface area contributed by atoms with Crippen LogP contribution in [0.3, 0.4) is 0 Å². The first-order valence-corrected chi connectivity index (χ1v) is 4.57. The average molecular weight is 195 g/mol. The van der Waals surface area contributed by atoms with Gasteiger partial charge in [0.25, 0.3) is 0 Å². The van der Waals surface area contributed by atoms with Crippen LogP contribution in [0.5, 0.6) is 0 Å². The summed E-state index contributed by atoms with van der Waals surface area (Å²) >= 11 is 0. The van der Waals surface area contributed by atoms with Gasteiger partial charge in [-0.25, -0.2) is 4.39 Å². The summed E-state index contributed by atoms with van der Waals surface area (Å²) in [4.78, 5) is 11.3. The largest absolute Gasteiger partial charge is 0.326 e. The normalized spacial score (nSPS) is 10.4. The first-order valence-electron chi connectivity index (χ1n) is 4.57. The van der Waals surface area contributed by atoms with Crippen molar-refractivity contribution in [3.05, 3.63) is 29.6 Å². The summed E-state index contributed by atoms with van der Waals surface area (Å²) in [5, 5.41) is 2.67. The minimum atomic E-state index is -0.338. The van der Waals surface area contributed by atoms with Crippen molar-refractivity contribution in [1.82, 2.24) is 0 Å². The van der Waals surface area contributed by atoms with Gasteiger partial charge in [0, 0.05) is 11.6 Å². The molecule has 76 valence electrons. The second-order valence-corrected chi connectivity index (χ2v) is 3.60. The van der Waals surface area contributed by atoms with Crippen LogP contribution in [0.25, 0.3) is 0 Å². The number of hydrogen-bond donors (Lipinski definition) is 1. The molecule has 0 heterocycles. The van der Waals surface area contributed by atoms with E-state index in [9.17, 15) is 9.18 Å². The molecule has 14 heavy (non-hydrogen) atoms. The summed E-state index contributed by atoms with van der Waals surface area (Å²) in [6.45, 7) is 5.42. The van der Waals surface area contributed by atoms with E-state index in [4.69, 9.17) is 0 Å². The number of benzene rings is 1. The van der Waals surface area contributed by atoms with Crippen molar-refractivity contribution in [1.29, 1.82) is 0 Å². The lowest BCUT2D eigenvalue weighted by molar-refractivity contribution is -0.118. The lowest BCUT2D eigenvalue weighted by atomic mass is 10.1. The predicted molar refractivity (Wildman–Crippen MR) is 54.6 cm³/mol. The fraction of sp³-hybridized carbons (Fsp3) is 0.364.